The highest BCUT2D eigenvalue weighted by molar-refractivity contribution is 5.98. The van der Waals surface area contributed by atoms with Crippen LogP contribution in [0.4, 0.5) is 0 Å². The molecule has 0 unspecified atom stereocenters. The Balaban J connectivity index is 1.62. The highest BCUT2D eigenvalue weighted by Crippen LogP contribution is 2.32. The molecule has 6 nitrogen and oxygen atoms in total. The van der Waals surface area contributed by atoms with Gasteiger partial charge in [0.1, 0.15) is 5.69 Å². The van der Waals surface area contributed by atoms with Gasteiger partial charge in [0, 0.05) is 6.20 Å². The molecule has 2 aromatic rings. The summed E-state index contributed by atoms with van der Waals surface area (Å²) in [5, 5.41) is 4.02. The van der Waals surface area contributed by atoms with E-state index < -0.39 is 0 Å². The smallest absolute Gasteiger partial charge is 0.289 e. The first-order valence-corrected chi connectivity index (χ1v) is 7.06. The maximum absolute atomic E-state index is 11.8. The van der Waals surface area contributed by atoms with Gasteiger partial charge in [-0.1, -0.05) is 18.2 Å². The Labute approximate surface area is 133 Å². The lowest BCUT2D eigenvalue weighted by molar-refractivity contribution is 0.0950. The number of carbonyl (C=O) groups is 1. The number of hydrazone groups is 1. The third-order valence-electron chi connectivity index (χ3n) is 3.14. The number of rotatable bonds is 4. The molecule has 1 aromatic heterocycles. The molecular weight excluding hydrogens is 294 g/mol. The summed E-state index contributed by atoms with van der Waals surface area (Å²) in [4.78, 5) is 15.8. The van der Waals surface area contributed by atoms with Crippen molar-refractivity contribution in [1.82, 2.24) is 10.4 Å². The zero-order chi connectivity index (χ0) is 16.1. The number of hydrogen-bond acceptors (Lipinski definition) is 5. The molecule has 23 heavy (non-hydrogen) atoms. The largest absolute Gasteiger partial charge is 0.454 e. The van der Waals surface area contributed by atoms with E-state index in [9.17, 15) is 4.79 Å². The topological polar surface area (TPSA) is 72.8 Å². The molecule has 2 heterocycles. The lowest BCUT2D eigenvalue weighted by Gasteiger charge is -2.00. The van der Waals surface area contributed by atoms with Crippen LogP contribution in [0.15, 0.2) is 53.8 Å². The molecule has 0 saturated heterocycles. The van der Waals surface area contributed by atoms with Gasteiger partial charge in [0.05, 0.1) is 5.71 Å². The van der Waals surface area contributed by atoms with Crippen molar-refractivity contribution in [2.45, 2.75) is 6.92 Å². The Morgan fingerprint density at radius 1 is 1.26 bits per heavy atom. The second-order valence-corrected chi connectivity index (χ2v) is 4.86. The van der Waals surface area contributed by atoms with E-state index in [4.69, 9.17) is 9.47 Å². The van der Waals surface area contributed by atoms with Crippen molar-refractivity contribution >= 4 is 17.7 Å². The molecule has 1 aromatic carbocycles. The number of benzene rings is 1. The fourth-order valence-corrected chi connectivity index (χ4v) is 1.96. The maximum Gasteiger partial charge on any atom is 0.289 e. The fraction of sp³-hybridized carbons (Fsp3) is 0.118. The first-order valence-electron chi connectivity index (χ1n) is 7.06. The van der Waals surface area contributed by atoms with Crippen LogP contribution < -0.4 is 14.9 Å². The predicted octanol–water partition coefficient (Wildman–Crippen LogP) is 2.63. The van der Waals surface area contributed by atoms with E-state index in [0.29, 0.717) is 11.4 Å². The van der Waals surface area contributed by atoms with Crippen LogP contribution in [0.1, 0.15) is 23.0 Å². The first kappa shape index (κ1) is 14.8. The summed E-state index contributed by atoms with van der Waals surface area (Å²) in [6.07, 6.45) is 5.25. The fourth-order valence-electron chi connectivity index (χ4n) is 1.96. The molecule has 3 rings (SSSR count). The molecule has 1 aliphatic rings. The van der Waals surface area contributed by atoms with E-state index in [1.54, 1.807) is 37.4 Å². The highest BCUT2D eigenvalue weighted by atomic mass is 16.7. The van der Waals surface area contributed by atoms with Crippen molar-refractivity contribution in [2.24, 2.45) is 5.10 Å². The molecule has 0 radical (unpaired) electrons. The van der Waals surface area contributed by atoms with Crippen molar-refractivity contribution in [1.29, 1.82) is 0 Å². The molecule has 0 aliphatic carbocycles. The number of pyridine rings is 1. The standard InChI is InChI=1S/C17H15N3O3/c1-12(19-20-17(21)14-4-2-3-9-18-14)5-6-13-7-8-15-16(10-13)23-11-22-15/h2-10H,11H2,1H3,(H,20,21)/b6-5+,19-12?. The van der Waals surface area contributed by atoms with Crippen LogP contribution in [-0.2, 0) is 0 Å². The van der Waals surface area contributed by atoms with Gasteiger partial charge in [0.2, 0.25) is 6.79 Å². The molecular formula is C17H15N3O3. The summed E-state index contributed by atoms with van der Waals surface area (Å²) in [6.45, 7) is 2.05. The summed E-state index contributed by atoms with van der Waals surface area (Å²) in [5.74, 6) is 1.13. The summed E-state index contributed by atoms with van der Waals surface area (Å²) in [7, 11) is 0. The Kier molecular flexibility index (Phi) is 4.33. The second kappa shape index (κ2) is 6.74. The van der Waals surface area contributed by atoms with Gasteiger partial charge in [-0.15, -0.1) is 0 Å². The molecule has 0 bridgehead atoms. The SMILES string of the molecule is CC(/C=C/c1ccc2c(c1)OCO2)=NNC(=O)c1ccccn1. The molecule has 6 heteroatoms. The van der Waals surface area contributed by atoms with Crippen LogP contribution in [0.3, 0.4) is 0 Å². The van der Waals surface area contributed by atoms with E-state index in [-0.39, 0.29) is 12.7 Å². The molecule has 1 amide bonds. The third kappa shape index (κ3) is 3.74. The zero-order valence-electron chi connectivity index (χ0n) is 12.5. The van der Waals surface area contributed by atoms with Crippen molar-refractivity contribution < 1.29 is 14.3 Å². The minimum Gasteiger partial charge on any atom is -0.454 e. The average Bonchev–Trinajstić information content (AvgIpc) is 3.06. The molecule has 0 atom stereocenters. The van der Waals surface area contributed by atoms with E-state index in [0.717, 1.165) is 17.1 Å². The summed E-state index contributed by atoms with van der Waals surface area (Å²) >= 11 is 0. The second-order valence-electron chi connectivity index (χ2n) is 4.86. The molecule has 1 N–H and O–H groups in total. The number of amides is 1. The van der Waals surface area contributed by atoms with Gasteiger partial charge in [-0.25, -0.2) is 5.43 Å². The van der Waals surface area contributed by atoms with Crippen molar-refractivity contribution in [3.63, 3.8) is 0 Å². The number of aromatic nitrogens is 1. The molecule has 1 aliphatic heterocycles. The monoisotopic (exact) mass is 309 g/mol. The quantitative estimate of drug-likeness (QED) is 0.696. The minimum atomic E-state index is -0.346. The van der Waals surface area contributed by atoms with Gasteiger partial charge >= 0.3 is 0 Å². The lowest BCUT2D eigenvalue weighted by Crippen LogP contribution is -2.19. The highest BCUT2D eigenvalue weighted by Gasteiger charge is 2.12. The van der Waals surface area contributed by atoms with Gasteiger partial charge in [0.25, 0.3) is 5.91 Å². The van der Waals surface area contributed by atoms with Gasteiger partial charge in [-0.3, -0.25) is 9.78 Å². The molecule has 116 valence electrons. The molecule has 0 saturated carbocycles. The van der Waals surface area contributed by atoms with Gasteiger partial charge < -0.3 is 9.47 Å². The number of ether oxygens (including phenoxy) is 2. The third-order valence-corrected chi connectivity index (χ3v) is 3.14. The van der Waals surface area contributed by atoms with E-state index in [1.165, 1.54) is 0 Å². The Morgan fingerprint density at radius 2 is 2.13 bits per heavy atom. The van der Waals surface area contributed by atoms with Crippen LogP contribution in [0.2, 0.25) is 0 Å². The maximum atomic E-state index is 11.8. The normalized spacial score (nSPS) is 13.3. The Hall–Kier alpha value is -3.15. The minimum absolute atomic E-state index is 0.253. The Bertz CT molecular complexity index is 770. The van der Waals surface area contributed by atoms with E-state index in [2.05, 4.69) is 15.5 Å². The van der Waals surface area contributed by atoms with E-state index in [1.807, 2.05) is 24.3 Å². The van der Waals surface area contributed by atoms with E-state index >= 15 is 0 Å². The summed E-state index contributed by atoms with van der Waals surface area (Å²) in [6, 6.07) is 10.8. The molecule has 0 spiro atoms. The average molecular weight is 309 g/mol. The zero-order valence-corrected chi connectivity index (χ0v) is 12.5. The van der Waals surface area contributed by atoms with Crippen LogP contribution in [0, 0.1) is 0 Å². The number of nitrogens with one attached hydrogen (secondary N) is 1. The summed E-state index contributed by atoms with van der Waals surface area (Å²) in [5.41, 5.74) is 4.41. The number of carbonyl (C=O) groups excluding carboxylic acids is 1. The van der Waals surface area contributed by atoms with Crippen LogP contribution >= 0.6 is 0 Å². The molecule has 0 fully saturated rings. The van der Waals surface area contributed by atoms with Crippen molar-refractivity contribution in [2.75, 3.05) is 6.79 Å². The number of nitrogens with zero attached hydrogens (tertiary/aromatic N) is 2. The first-order chi connectivity index (χ1) is 11.2. The number of fused-ring (bicyclic) bond motifs is 1. The number of allylic oxidation sites excluding steroid dienone is 1. The summed E-state index contributed by atoms with van der Waals surface area (Å²) < 4.78 is 10.6. The van der Waals surface area contributed by atoms with Crippen LogP contribution in [-0.4, -0.2) is 23.4 Å². The van der Waals surface area contributed by atoms with Gasteiger partial charge in [0.15, 0.2) is 11.5 Å². The van der Waals surface area contributed by atoms with Gasteiger partial charge in [-0.2, -0.15) is 5.10 Å². The van der Waals surface area contributed by atoms with Crippen LogP contribution in [0.5, 0.6) is 11.5 Å². The Morgan fingerprint density at radius 3 is 2.96 bits per heavy atom. The number of hydrogen-bond donors (Lipinski definition) is 1. The van der Waals surface area contributed by atoms with Gasteiger partial charge in [-0.05, 0) is 42.8 Å². The van der Waals surface area contributed by atoms with Crippen LogP contribution in [0.25, 0.3) is 6.08 Å². The predicted molar refractivity (Wildman–Crippen MR) is 86.4 cm³/mol. The lowest BCUT2D eigenvalue weighted by atomic mass is 10.2. The van der Waals surface area contributed by atoms with Crippen molar-refractivity contribution in [3.05, 3.63) is 59.9 Å². The van der Waals surface area contributed by atoms with Crippen molar-refractivity contribution in [3.8, 4) is 11.5 Å².